The van der Waals surface area contributed by atoms with Crippen LogP contribution in [0.2, 0.25) is 0 Å². The molecule has 0 unspecified atom stereocenters. The molecule has 10 heteroatoms. The smallest absolute Gasteiger partial charge is 0.373 e. The molecule has 0 aliphatic heterocycles. The first-order valence-corrected chi connectivity index (χ1v) is 6.91. The molecule has 10 nitrogen and oxygen atoms in total. The maximum atomic E-state index is 11.5. The van der Waals surface area contributed by atoms with Crippen LogP contribution >= 0.6 is 0 Å². The lowest BCUT2D eigenvalue weighted by atomic mass is 10.0. The second-order valence-electron chi connectivity index (χ2n) is 4.50. The standard InChI is InChI=1S/C14H16N2O8/c1-4-23-13-8(3)6-10(15(19)20)9(12(13)16(21)22)7-11(17)14(18)24-5-2/h6-7,17H,4-5H2,1-3H3. The Kier molecular flexibility index (Phi) is 6.22. The molecule has 0 atom stereocenters. The summed E-state index contributed by atoms with van der Waals surface area (Å²) in [6, 6.07) is 1.07. The van der Waals surface area contributed by atoms with Gasteiger partial charge in [0.05, 0.1) is 23.1 Å². The van der Waals surface area contributed by atoms with Gasteiger partial charge in [-0.15, -0.1) is 0 Å². The zero-order valence-electron chi connectivity index (χ0n) is 13.3. The zero-order valence-corrected chi connectivity index (χ0v) is 13.3. The van der Waals surface area contributed by atoms with Gasteiger partial charge < -0.3 is 14.6 Å². The number of rotatable bonds is 7. The van der Waals surface area contributed by atoms with Crippen molar-refractivity contribution < 1.29 is 29.2 Å². The zero-order chi connectivity index (χ0) is 18.4. The highest BCUT2D eigenvalue weighted by molar-refractivity contribution is 5.93. The van der Waals surface area contributed by atoms with Gasteiger partial charge >= 0.3 is 11.7 Å². The van der Waals surface area contributed by atoms with Crippen LogP contribution in [-0.2, 0) is 9.53 Å². The second-order valence-corrected chi connectivity index (χ2v) is 4.50. The van der Waals surface area contributed by atoms with Crippen LogP contribution in [-0.4, -0.2) is 34.1 Å². The number of esters is 1. The van der Waals surface area contributed by atoms with Gasteiger partial charge in [-0.3, -0.25) is 20.2 Å². The van der Waals surface area contributed by atoms with Gasteiger partial charge in [-0.05, 0) is 20.8 Å². The van der Waals surface area contributed by atoms with Crippen LogP contribution in [0, 0.1) is 27.2 Å². The van der Waals surface area contributed by atoms with E-state index in [1.165, 1.54) is 13.8 Å². The number of ether oxygens (including phenoxy) is 2. The second kappa shape index (κ2) is 7.90. The molecule has 1 rings (SSSR count). The average Bonchev–Trinajstić information content (AvgIpc) is 2.49. The predicted molar refractivity (Wildman–Crippen MR) is 82.9 cm³/mol. The quantitative estimate of drug-likeness (QED) is 0.262. The Morgan fingerprint density at radius 2 is 1.88 bits per heavy atom. The fourth-order valence-electron chi connectivity index (χ4n) is 1.98. The molecular weight excluding hydrogens is 324 g/mol. The first-order valence-electron chi connectivity index (χ1n) is 6.91. The van der Waals surface area contributed by atoms with E-state index in [1.807, 2.05) is 0 Å². The van der Waals surface area contributed by atoms with Crippen LogP contribution in [0.3, 0.4) is 0 Å². The van der Waals surface area contributed by atoms with Gasteiger partial charge in [0.15, 0.2) is 0 Å². The van der Waals surface area contributed by atoms with E-state index in [4.69, 9.17) is 4.74 Å². The summed E-state index contributed by atoms with van der Waals surface area (Å²) >= 11 is 0. The third-order valence-electron chi connectivity index (χ3n) is 2.89. The highest BCUT2D eigenvalue weighted by Gasteiger charge is 2.32. The molecule has 0 heterocycles. The van der Waals surface area contributed by atoms with Crippen molar-refractivity contribution in [1.82, 2.24) is 0 Å². The normalized spacial score (nSPS) is 11.0. The number of hydrogen-bond acceptors (Lipinski definition) is 8. The molecule has 1 aromatic carbocycles. The molecule has 1 aromatic rings. The summed E-state index contributed by atoms with van der Waals surface area (Å²) in [5, 5.41) is 32.3. The van der Waals surface area contributed by atoms with Crippen molar-refractivity contribution in [1.29, 1.82) is 0 Å². The number of hydrogen-bond donors (Lipinski definition) is 1. The first-order chi connectivity index (χ1) is 11.2. The van der Waals surface area contributed by atoms with Gasteiger partial charge in [-0.1, -0.05) is 0 Å². The Morgan fingerprint density at radius 3 is 2.33 bits per heavy atom. The number of aliphatic hydroxyl groups excluding tert-OH is 1. The van der Waals surface area contributed by atoms with E-state index < -0.39 is 38.5 Å². The van der Waals surface area contributed by atoms with Crippen molar-refractivity contribution in [2.75, 3.05) is 13.2 Å². The minimum absolute atomic E-state index is 0.0426. The fourth-order valence-corrected chi connectivity index (χ4v) is 1.98. The van der Waals surface area contributed by atoms with Crippen LogP contribution < -0.4 is 4.74 Å². The van der Waals surface area contributed by atoms with Crippen molar-refractivity contribution in [3.63, 3.8) is 0 Å². The molecule has 0 fully saturated rings. The highest BCUT2D eigenvalue weighted by atomic mass is 16.6. The van der Waals surface area contributed by atoms with E-state index >= 15 is 0 Å². The lowest BCUT2D eigenvalue weighted by molar-refractivity contribution is -0.395. The summed E-state index contributed by atoms with van der Waals surface area (Å²) < 4.78 is 9.75. The maximum absolute atomic E-state index is 11.5. The molecule has 0 bridgehead atoms. The van der Waals surface area contributed by atoms with Gasteiger partial charge in [0.1, 0.15) is 5.56 Å². The van der Waals surface area contributed by atoms with Gasteiger partial charge in [0.2, 0.25) is 11.5 Å². The number of carbonyl (C=O) groups is 1. The van der Waals surface area contributed by atoms with Crippen LogP contribution in [0.25, 0.3) is 6.08 Å². The largest absolute Gasteiger partial charge is 0.502 e. The average molecular weight is 340 g/mol. The van der Waals surface area contributed by atoms with Crippen LogP contribution in [0.15, 0.2) is 11.8 Å². The number of nitro benzene ring substituents is 2. The fraction of sp³-hybridized carbons (Fsp3) is 0.357. The highest BCUT2D eigenvalue weighted by Crippen LogP contribution is 2.41. The lowest BCUT2D eigenvalue weighted by Gasteiger charge is -2.10. The molecule has 0 aliphatic carbocycles. The Hall–Kier alpha value is -3.17. The van der Waals surface area contributed by atoms with Crippen molar-refractivity contribution in [3.8, 4) is 5.75 Å². The Balaban J connectivity index is 3.74. The number of aliphatic hydroxyl groups is 1. The summed E-state index contributed by atoms with van der Waals surface area (Å²) in [4.78, 5) is 32.4. The predicted octanol–water partition coefficient (Wildman–Crippen LogP) is 2.67. The third kappa shape index (κ3) is 3.97. The molecule has 0 amide bonds. The van der Waals surface area contributed by atoms with E-state index in [1.54, 1.807) is 6.92 Å². The monoisotopic (exact) mass is 340 g/mol. The van der Waals surface area contributed by atoms with Gasteiger partial charge in [-0.25, -0.2) is 4.79 Å². The Labute approximate surface area is 136 Å². The molecule has 24 heavy (non-hydrogen) atoms. The van der Waals surface area contributed by atoms with E-state index in [2.05, 4.69) is 4.74 Å². The van der Waals surface area contributed by atoms with Crippen LogP contribution in [0.1, 0.15) is 25.0 Å². The van der Waals surface area contributed by atoms with Crippen molar-refractivity contribution in [2.24, 2.45) is 0 Å². The summed E-state index contributed by atoms with van der Waals surface area (Å²) in [5.41, 5.74) is -1.72. The number of aryl methyl sites for hydroxylation is 1. The van der Waals surface area contributed by atoms with E-state index in [0.29, 0.717) is 6.08 Å². The summed E-state index contributed by atoms with van der Waals surface area (Å²) in [7, 11) is 0. The molecule has 1 N–H and O–H groups in total. The van der Waals surface area contributed by atoms with Gasteiger partial charge in [0.25, 0.3) is 5.69 Å². The molecule has 0 saturated heterocycles. The van der Waals surface area contributed by atoms with Gasteiger partial charge in [-0.2, -0.15) is 0 Å². The van der Waals surface area contributed by atoms with Crippen LogP contribution in [0.4, 0.5) is 11.4 Å². The minimum Gasteiger partial charge on any atom is -0.502 e. The molecule has 130 valence electrons. The number of nitro groups is 2. The lowest BCUT2D eigenvalue weighted by Crippen LogP contribution is -2.08. The van der Waals surface area contributed by atoms with E-state index in [-0.39, 0.29) is 24.5 Å². The van der Waals surface area contributed by atoms with Crippen molar-refractivity contribution in [2.45, 2.75) is 20.8 Å². The Bertz CT molecular complexity index is 711. The molecule has 0 spiro atoms. The SMILES string of the molecule is CCOC(=O)C(O)=Cc1c([N+](=O)[O-])cc(C)c(OCC)c1[N+](=O)[O-]. The molecular formula is C14H16N2O8. The maximum Gasteiger partial charge on any atom is 0.373 e. The third-order valence-corrected chi connectivity index (χ3v) is 2.89. The Morgan fingerprint density at radius 1 is 1.25 bits per heavy atom. The molecule has 0 aliphatic rings. The van der Waals surface area contributed by atoms with Crippen molar-refractivity contribution >= 4 is 23.4 Å². The van der Waals surface area contributed by atoms with Gasteiger partial charge in [0, 0.05) is 17.7 Å². The molecule has 0 aromatic heterocycles. The van der Waals surface area contributed by atoms with Crippen LogP contribution in [0.5, 0.6) is 5.75 Å². The van der Waals surface area contributed by atoms with E-state index in [0.717, 1.165) is 6.07 Å². The summed E-state index contributed by atoms with van der Waals surface area (Å²) in [6.07, 6.45) is 0.635. The minimum atomic E-state index is -1.15. The van der Waals surface area contributed by atoms with Crippen molar-refractivity contribution in [3.05, 3.63) is 43.2 Å². The van der Waals surface area contributed by atoms with E-state index in [9.17, 15) is 30.1 Å². The summed E-state index contributed by atoms with van der Waals surface area (Å²) in [5.74, 6) is -2.31. The molecule has 0 radical (unpaired) electrons. The first kappa shape index (κ1) is 18.9. The number of carbonyl (C=O) groups excluding carboxylic acids is 1. The molecule has 0 saturated carbocycles. The number of benzene rings is 1. The summed E-state index contributed by atoms with van der Waals surface area (Å²) in [6.45, 7) is 4.56. The number of nitrogens with zero attached hydrogens (tertiary/aromatic N) is 2. The topological polar surface area (TPSA) is 142 Å².